The molecule has 9 heteroatoms. The molecule has 0 radical (unpaired) electrons. The molecule has 7 rings (SSSR count). The van der Waals surface area contributed by atoms with Crippen LogP contribution in [0.25, 0.3) is 21.5 Å². The molecular weight excluding hydrogens is 649 g/mol. The number of likely N-dealkylation sites (tertiary alicyclic amines) is 2. The lowest BCUT2D eigenvalue weighted by molar-refractivity contribution is 0.0702. The molecule has 1 N–H and O–H groups in total. The van der Waals surface area contributed by atoms with Gasteiger partial charge in [-0.1, -0.05) is 56.0 Å². The van der Waals surface area contributed by atoms with Crippen molar-refractivity contribution < 1.29 is 14.6 Å². The number of rotatable bonds is 10. The summed E-state index contributed by atoms with van der Waals surface area (Å²) >= 11 is 1.48. The molecule has 2 aromatic heterocycles. The first-order valence-electron chi connectivity index (χ1n) is 17.3. The van der Waals surface area contributed by atoms with Crippen molar-refractivity contribution in [1.82, 2.24) is 14.4 Å². The van der Waals surface area contributed by atoms with Crippen molar-refractivity contribution in [2.24, 2.45) is 0 Å². The second-order valence-corrected chi connectivity index (χ2v) is 14.4. The Morgan fingerprint density at radius 2 is 1.49 bits per heavy atom. The molecule has 2 saturated heterocycles. The highest BCUT2D eigenvalue weighted by atomic mass is 35.5. The molecule has 1 saturated carbocycles. The zero-order chi connectivity index (χ0) is 30.6. The van der Waals surface area contributed by atoms with Gasteiger partial charge in [-0.15, -0.1) is 36.2 Å². The number of ether oxygens (including phenoxy) is 1. The molecule has 0 spiro atoms. The highest BCUT2D eigenvalue weighted by Crippen LogP contribution is 2.47. The molecule has 3 aliphatic rings. The van der Waals surface area contributed by atoms with Gasteiger partial charge >= 0.3 is 5.97 Å². The molecular formula is C38H49Cl2N3O3S. The van der Waals surface area contributed by atoms with Crippen LogP contribution in [-0.4, -0.2) is 64.2 Å². The van der Waals surface area contributed by atoms with Crippen LogP contribution in [0, 0.1) is 0 Å². The van der Waals surface area contributed by atoms with Gasteiger partial charge in [-0.05, 0) is 118 Å². The van der Waals surface area contributed by atoms with Crippen molar-refractivity contribution in [3.05, 3.63) is 76.7 Å². The van der Waals surface area contributed by atoms with Crippen LogP contribution in [0.15, 0.2) is 60.7 Å². The summed E-state index contributed by atoms with van der Waals surface area (Å²) in [6.45, 7) is 7.26. The van der Waals surface area contributed by atoms with E-state index in [0.717, 1.165) is 49.1 Å². The summed E-state index contributed by atoms with van der Waals surface area (Å²) in [6, 6.07) is 21.6. The molecule has 2 aromatic carbocycles. The Kier molecular flexibility index (Phi) is 12.7. The van der Waals surface area contributed by atoms with E-state index in [1.54, 1.807) is 0 Å². The van der Waals surface area contributed by atoms with Gasteiger partial charge in [0.2, 0.25) is 0 Å². The van der Waals surface area contributed by atoms with Gasteiger partial charge in [0, 0.05) is 19.1 Å². The maximum absolute atomic E-state index is 12.2. The van der Waals surface area contributed by atoms with E-state index in [1.807, 2.05) is 24.3 Å². The minimum absolute atomic E-state index is 0. The van der Waals surface area contributed by atoms with Crippen molar-refractivity contribution in [3.8, 4) is 17.0 Å². The fourth-order valence-electron chi connectivity index (χ4n) is 8.05. The van der Waals surface area contributed by atoms with Gasteiger partial charge in [-0.3, -0.25) is 0 Å². The molecule has 254 valence electrons. The number of carbonyl (C=O) groups is 1. The normalized spacial score (nSPS) is 18.5. The fraction of sp³-hybridized carbons (Fsp3) is 0.500. The van der Waals surface area contributed by atoms with E-state index >= 15 is 0 Å². The number of hydrogen-bond donors (Lipinski definition) is 1. The van der Waals surface area contributed by atoms with Gasteiger partial charge in [0.1, 0.15) is 17.2 Å². The Hall–Kier alpha value is -2.55. The van der Waals surface area contributed by atoms with Crippen molar-refractivity contribution in [2.75, 3.05) is 32.7 Å². The number of carboxylic acids is 1. The van der Waals surface area contributed by atoms with Gasteiger partial charge in [0.15, 0.2) is 0 Å². The number of carboxylic acid groups (broad SMARTS) is 1. The molecule has 0 atom stereocenters. The molecule has 1 aliphatic carbocycles. The molecule has 6 nitrogen and oxygen atoms in total. The van der Waals surface area contributed by atoms with Gasteiger partial charge in [0.05, 0.1) is 15.9 Å². The van der Waals surface area contributed by atoms with E-state index in [4.69, 9.17) is 4.74 Å². The second-order valence-electron chi connectivity index (χ2n) is 13.3. The van der Waals surface area contributed by atoms with Crippen molar-refractivity contribution in [2.45, 2.75) is 89.3 Å². The lowest BCUT2D eigenvalue weighted by Gasteiger charge is -2.40. The third-order valence-electron chi connectivity index (χ3n) is 10.5. The van der Waals surface area contributed by atoms with E-state index in [-0.39, 0.29) is 24.8 Å². The largest absolute Gasteiger partial charge is 0.489 e. The zero-order valence-electron chi connectivity index (χ0n) is 27.3. The quantitative estimate of drug-likeness (QED) is 0.179. The highest BCUT2D eigenvalue weighted by Gasteiger charge is 2.30. The van der Waals surface area contributed by atoms with Crippen LogP contribution < -0.4 is 4.74 Å². The predicted molar refractivity (Wildman–Crippen MR) is 198 cm³/mol. The van der Waals surface area contributed by atoms with E-state index < -0.39 is 5.97 Å². The monoisotopic (exact) mass is 697 g/mol. The average Bonchev–Trinajstić information content (AvgIpc) is 3.66. The second kappa shape index (κ2) is 16.7. The number of aromatic nitrogens is 1. The lowest BCUT2D eigenvalue weighted by atomic mass is 9.83. The average molecular weight is 699 g/mol. The van der Waals surface area contributed by atoms with Crippen molar-refractivity contribution >= 4 is 52.3 Å². The predicted octanol–water partition coefficient (Wildman–Crippen LogP) is 9.49. The van der Waals surface area contributed by atoms with Crippen molar-refractivity contribution in [1.29, 1.82) is 0 Å². The zero-order valence-corrected chi connectivity index (χ0v) is 29.7. The number of piperidine rings is 2. The number of fused-ring (bicyclic) bond motifs is 1. The molecule has 0 amide bonds. The van der Waals surface area contributed by atoms with E-state index in [0.29, 0.717) is 17.4 Å². The first kappa shape index (κ1) is 35.7. The third kappa shape index (κ3) is 8.19. The minimum atomic E-state index is -0.821. The van der Waals surface area contributed by atoms with Crippen molar-refractivity contribution in [3.63, 3.8) is 0 Å². The smallest absolute Gasteiger partial charge is 0.345 e. The standard InChI is InChI=1S/C38H47N3O3S.2ClH/c42-38(43)34-26-33-37(45-34)35(29-12-6-2-7-13-29)36(30-14-16-32(17-15-30)44-27-28-10-4-1-5-11-28)41(33)25-24-39-22-18-31(19-23-39)40-20-8-3-9-21-40;;/h1,4-5,10-11,14-17,26,29,31H,2-3,6-9,12-13,18-25,27H2,(H,42,43);2*1H. The first-order chi connectivity index (χ1) is 22.1. The van der Waals surface area contributed by atoms with Gasteiger partial charge in [-0.2, -0.15) is 0 Å². The van der Waals surface area contributed by atoms with Crippen LogP contribution in [-0.2, 0) is 13.2 Å². The van der Waals surface area contributed by atoms with Crippen LogP contribution in [0.4, 0.5) is 0 Å². The Bertz CT molecular complexity index is 1570. The Morgan fingerprint density at radius 3 is 2.17 bits per heavy atom. The summed E-state index contributed by atoms with van der Waals surface area (Å²) in [4.78, 5) is 18.0. The summed E-state index contributed by atoms with van der Waals surface area (Å²) in [5.74, 6) is 0.511. The van der Waals surface area contributed by atoms with Crippen LogP contribution >= 0.6 is 36.2 Å². The summed E-state index contributed by atoms with van der Waals surface area (Å²) in [6.07, 6.45) is 12.7. The number of nitrogens with zero attached hydrogens (tertiary/aromatic N) is 3. The first-order valence-corrected chi connectivity index (χ1v) is 18.1. The summed E-state index contributed by atoms with van der Waals surface area (Å²) < 4.78 is 9.80. The number of benzene rings is 2. The number of aromatic carboxylic acids is 1. The van der Waals surface area contributed by atoms with Gasteiger partial charge in [0.25, 0.3) is 0 Å². The number of halogens is 2. The Labute approximate surface area is 295 Å². The number of thiophene rings is 1. The fourth-order valence-corrected chi connectivity index (χ4v) is 9.17. The third-order valence-corrected chi connectivity index (χ3v) is 11.6. The molecule has 0 unspecified atom stereocenters. The molecule has 3 fully saturated rings. The molecule has 4 heterocycles. The van der Waals surface area contributed by atoms with Crippen LogP contribution in [0.3, 0.4) is 0 Å². The van der Waals surface area contributed by atoms with Crippen LogP contribution in [0.2, 0.25) is 0 Å². The molecule has 2 aliphatic heterocycles. The van der Waals surface area contributed by atoms with Gasteiger partial charge in [-0.25, -0.2) is 4.79 Å². The highest BCUT2D eigenvalue weighted by molar-refractivity contribution is 7.21. The van der Waals surface area contributed by atoms with Crippen LogP contribution in [0.1, 0.15) is 90.9 Å². The van der Waals surface area contributed by atoms with E-state index in [1.165, 1.54) is 110 Å². The molecule has 4 aromatic rings. The topological polar surface area (TPSA) is 57.9 Å². The van der Waals surface area contributed by atoms with E-state index in [9.17, 15) is 9.90 Å². The Balaban J connectivity index is 0.00000217. The molecule has 47 heavy (non-hydrogen) atoms. The lowest BCUT2D eigenvalue weighted by Crippen LogP contribution is -2.47. The van der Waals surface area contributed by atoms with Gasteiger partial charge < -0.3 is 24.2 Å². The molecule has 0 bridgehead atoms. The summed E-state index contributed by atoms with van der Waals surface area (Å²) in [7, 11) is 0. The summed E-state index contributed by atoms with van der Waals surface area (Å²) in [5.41, 5.74) is 6.12. The maximum atomic E-state index is 12.2. The SMILES string of the molecule is Cl.Cl.O=C(O)c1cc2c(s1)c(C1CCCCC1)c(-c1ccc(OCc3ccccc3)cc1)n2CCN1CCC(N2CCCCC2)CC1. The minimum Gasteiger partial charge on any atom is -0.489 e. The number of hydrogen-bond acceptors (Lipinski definition) is 5. The Morgan fingerprint density at radius 1 is 0.809 bits per heavy atom. The maximum Gasteiger partial charge on any atom is 0.345 e. The summed E-state index contributed by atoms with van der Waals surface area (Å²) in [5, 5.41) is 9.99. The van der Waals surface area contributed by atoms with E-state index in [2.05, 4.69) is 50.8 Å². The van der Waals surface area contributed by atoms with Crippen LogP contribution in [0.5, 0.6) is 5.75 Å².